The Morgan fingerprint density at radius 3 is 2.62 bits per heavy atom. The van der Waals surface area contributed by atoms with Gasteiger partial charge in [-0.2, -0.15) is 5.10 Å². The first-order valence-corrected chi connectivity index (χ1v) is 9.54. The highest BCUT2D eigenvalue weighted by atomic mass is 16.2. The summed E-state index contributed by atoms with van der Waals surface area (Å²) in [5.74, 6) is -0.379. The molecule has 1 atom stereocenters. The molecule has 4 rings (SSSR count). The van der Waals surface area contributed by atoms with Gasteiger partial charge < -0.3 is 10.2 Å². The molecule has 0 aliphatic carbocycles. The summed E-state index contributed by atoms with van der Waals surface area (Å²) < 4.78 is 0. The van der Waals surface area contributed by atoms with E-state index in [2.05, 4.69) is 28.2 Å². The Bertz CT molecular complexity index is 1040. The van der Waals surface area contributed by atoms with Crippen LogP contribution in [0.3, 0.4) is 0 Å². The van der Waals surface area contributed by atoms with Crippen molar-refractivity contribution < 1.29 is 9.59 Å². The minimum atomic E-state index is -0.246. The summed E-state index contributed by atoms with van der Waals surface area (Å²) in [6, 6.07) is 19.3. The van der Waals surface area contributed by atoms with Crippen LogP contribution in [0.1, 0.15) is 21.6 Å². The first-order valence-electron chi connectivity index (χ1n) is 9.54. The predicted octanol–water partition coefficient (Wildman–Crippen LogP) is 2.95. The van der Waals surface area contributed by atoms with E-state index in [4.69, 9.17) is 0 Å². The number of hydrogen-bond donors (Lipinski definition) is 2. The molecule has 1 aromatic heterocycles. The maximum absolute atomic E-state index is 12.6. The molecule has 1 aliphatic rings. The van der Waals surface area contributed by atoms with Crippen LogP contribution in [0.4, 0.5) is 0 Å². The number of carbonyl (C=O) groups excluding carboxylic acids is 2. The molecule has 2 amide bonds. The van der Waals surface area contributed by atoms with E-state index in [0.717, 1.165) is 11.1 Å². The average molecular weight is 386 g/mol. The number of H-pyrrole nitrogens is 1. The Morgan fingerprint density at radius 2 is 1.86 bits per heavy atom. The number of carbonyl (C=O) groups is 2. The van der Waals surface area contributed by atoms with Crippen molar-refractivity contribution in [2.45, 2.75) is 19.0 Å². The van der Waals surface area contributed by atoms with Crippen molar-refractivity contribution in [2.75, 3.05) is 6.54 Å². The van der Waals surface area contributed by atoms with E-state index >= 15 is 0 Å². The summed E-state index contributed by atoms with van der Waals surface area (Å²) in [5.41, 5.74) is 4.38. The topological polar surface area (TPSA) is 78.1 Å². The number of hydrogen-bond acceptors (Lipinski definition) is 3. The zero-order valence-electron chi connectivity index (χ0n) is 16.0. The largest absolute Gasteiger partial charge is 0.349 e. The van der Waals surface area contributed by atoms with Crippen LogP contribution in [0.15, 0.2) is 73.3 Å². The van der Waals surface area contributed by atoms with Crippen LogP contribution in [0, 0.1) is 0 Å². The van der Waals surface area contributed by atoms with E-state index < -0.39 is 0 Å². The molecule has 2 N–H and O–H groups in total. The second-order valence-corrected chi connectivity index (χ2v) is 7.04. The lowest BCUT2D eigenvalue weighted by Crippen LogP contribution is -2.49. The van der Waals surface area contributed by atoms with Gasteiger partial charge in [0.15, 0.2) is 0 Å². The van der Waals surface area contributed by atoms with Gasteiger partial charge in [-0.1, -0.05) is 61.2 Å². The zero-order chi connectivity index (χ0) is 20.2. The first-order chi connectivity index (χ1) is 14.2. The lowest BCUT2D eigenvalue weighted by atomic mass is 9.93. The van der Waals surface area contributed by atoms with Crippen LogP contribution in [0.2, 0.25) is 0 Å². The molecular formula is C23H22N4O2. The smallest absolute Gasteiger partial charge is 0.269 e. The quantitative estimate of drug-likeness (QED) is 0.662. The van der Waals surface area contributed by atoms with E-state index in [1.165, 1.54) is 11.6 Å². The number of benzene rings is 2. The number of aromatic nitrogens is 2. The zero-order valence-corrected chi connectivity index (χ0v) is 16.0. The lowest BCUT2D eigenvalue weighted by molar-refractivity contribution is -0.129. The number of nitrogens with zero attached hydrogens (tertiary/aromatic N) is 2. The van der Waals surface area contributed by atoms with Crippen molar-refractivity contribution in [3.8, 4) is 11.3 Å². The van der Waals surface area contributed by atoms with Crippen LogP contribution in [-0.4, -0.2) is 39.5 Å². The fraction of sp³-hybridized carbons (Fsp3) is 0.174. The Morgan fingerprint density at radius 1 is 1.14 bits per heavy atom. The van der Waals surface area contributed by atoms with E-state index in [1.807, 2.05) is 48.5 Å². The van der Waals surface area contributed by atoms with Gasteiger partial charge in [-0.3, -0.25) is 14.7 Å². The summed E-state index contributed by atoms with van der Waals surface area (Å²) in [6.45, 7) is 4.48. The Kier molecular flexibility index (Phi) is 5.24. The van der Waals surface area contributed by atoms with E-state index in [9.17, 15) is 9.59 Å². The standard InChI is InChI=1S/C23H22N4O2/c1-2-22(28)27-15-18-11-7-6-10-17(18)12-19(27)14-24-23(29)21-13-20(25-26-21)16-8-4-3-5-9-16/h2-11,13,19H,1,12,14-15H2,(H,24,29)(H,25,26). The van der Waals surface area contributed by atoms with Crippen LogP contribution in [-0.2, 0) is 17.8 Å². The van der Waals surface area contributed by atoms with Gasteiger partial charge in [0.2, 0.25) is 5.91 Å². The van der Waals surface area contributed by atoms with Crippen molar-refractivity contribution in [2.24, 2.45) is 0 Å². The van der Waals surface area contributed by atoms with Crippen molar-refractivity contribution in [1.82, 2.24) is 20.4 Å². The predicted molar refractivity (Wildman–Crippen MR) is 111 cm³/mol. The average Bonchev–Trinajstić information content (AvgIpc) is 3.27. The third-order valence-electron chi connectivity index (χ3n) is 5.20. The maximum atomic E-state index is 12.6. The van der Waals surface area contributed by atoms with E-state index in [1.54, 1.807) is 11.0 Å². The van der Waals surface area contributed by atoms with Gasteiger partial charge in [-0.25, -0.2) is 0 Å². The van der Waals surface area contributed by atoms with Gasteiger partial charge >= 0.3 is 0 Å². The highest BCUT2D eigenvalue weighted by Crippen LogP contribution is 2.23. The van der Waals surface area contributed by atoms with Crippen LogP contribution >= 0.6 is 0 Å². The number of aromatic amines is 1. The molecule has 6 nitrogen and oxygen atoms in total. The van der Waals surface area contributed by atoms with Gasteiger partial charge in [0.1, 0.15) is 5.69 Å². The van der Waals surface area contributed by atoms with Crippen molar-refractivity contribution in [3.63, 3.8) is 0 Å². The molecule has 0 spiro atoms. The van der Waals surface area contributed by atoms with Gasteiger partial charge in [-0.05, 0) is 29.7 Å². The van der Waals surface area contributed by atoms with Gasteiger partial charge in [0.25, 0.3) is 5.91 Å². The number of fused-ring (bicyclic) bond motifs is 1. The second kappa shape index (κ2) is 8.14. The summed E-state index contributed by atoms with van der Waals surface area (Å²) in [4.78, 5) is 26.7. The van der Waals surface area contributed by atoms with Crippen molar-refractivity contribution in [3.05, 3.63) is 90.1 Å². The van der Waals surface area contributed by atoms with Crippen molar-refractivity contribution >= 4 is 11.8 Å². The lowest BCUT2D eigenvalue weighted by Gasteiger charge is -2.36. The summed E-state index contributed by atoms with van der Waals surface area (Å²) in [6.07, 6.45) is 2.01. The molecule has 0 bridgehead atoms. The first kappa shape index (κ1) is 18.7. The maximum Gasteiger partial charge on any atom is 0.269 e. The van der Waals surface area contributed by atoms with Crippen molar-refractivity contribution in [1.29, 1.82) is 0 Å². The summed E-state index contributed by atoms with van der Waals surface area (Å²) in [5, 5.41) is 9.95. The molecule has 29 heavy (non-hydrogen) atoms. The third kappa shape index (κ3) is 3.96. The monoisotopic (exact) mass is 386 g/mol. The number of rotatable bonds is 5. The molecule has 6 heteroatoms. The summed E-state index contributed by atoms with van der Waals surface area (Å²) >= 11 is 0. The second-order valence-electron chi connectivity index (χ2n) is 7.04. The fourth-order valence-corrected chi connectivity index (χ4v) is 3.65. The van der Waals surface area contributed by atoms with Crippen LogP contribution < -0.4 is 5.32 Å². The number of nitrogens with one attached hydrogen (secondary N) is 2. The molecule has 1 aliphatic heterocycles. The third-order valence-corrected chi connectivity index (χ3v) is 5.20. The molecule has 0 saturated carbocycles. The molecule has 2 heterocycles. The van der Waals surface area contributed by atoms with Gasteiger partial charge in [0.05, 0.1) is 11.7 Å². The van der Waals surface area contributed by atoms with Crippen LogP contribution in [0.5, 0.6) is 0 Å². The molecular weight excluding hydrogens is 364 g/mol. The number of amides is 2. The van der Waals surface area contributed by atoms with E-state index in [0.29, 0.717) is 30.9 Å². The van der Waals surface area contributed by atoms with E-state index in [-0.39, 0.29) is 17.9 Å². The van der Waals surface area contributed by atoms with Gasteiger partial charge in [-0.15, -0.1) is 0 Å². The highest BCUT2D eigenvalue weighted by molar-refractivity contribution is 5.93. The Labute approximate surface area is 169 Å². The Hall–Kier alpha value is -3.67. The Balaban J connectivity index is 1.46. The molecule has 0 fully saturated rings. The fourth-order valence-electron chi connectivity index (χ4n) is 3.65. The molecule has 0 saturated heterocycles. The van der Waals surface area contributed by atoms with Gasteiger partial charge in [0, 0.05) is 18.7 Å². The molecule has 1 unspecified atom stereocenters. The molecule has 2 aromatic carbocycles. The van der Waals surface area contributed by atoms with Crippen LogP contribution in [0.25, 0.3) is 11.3 Å². The molecule has 146 valence electrons. The minimum absolute atomic E-state index is 0.129. The minimum Gasteiger partial charge on any atom is -0.349 e. The highest BCUT2D eigenvalue weighted by Gasteiger charge is 2.28. The molecule has 3 aromatic rings. The normalized spacial score (nSPS) is 15.4. The molecule has 0 radical (unpaired) electrons. The SMILES string of the molecule is C=CC(=O)N1Cc2ccccc2CC1CNC(=O)c1cc(-c2ccccc2)n[nH]1. The summed E-state index contributed by atoms with van der Waals surface area (Å²) in [7, 11) is 0.